The number of halogens is 1. The summed E-state index contributed by atoms with van der Waals surface area (Å²) >= 11 is 0. The molecule has 0 saturated carbocycles. The molecule has 0 saturated heterocycles. The van der Waals surface area contributed by atoms with Gasteiger partial charge >= 0.3 is 0 Å². The second kappa shape index (κ2) is 4.88. The summed E-state index contributed by atoms with van der Waals surface area (Å²) in [5.74, 6) is -0.783. The second-order valence-electron chi connectivity index (χ2n) is 3.87. The summed E-state index contributed by atoms with van der Waals surface area (Å²) in [6.45, 7) is 3.39. The summed E-state index contributed by atoms with van der Waals surface area (Å²) in [4.78, 5) is 3.75. The van der Waals surface area contributed by atoms with Crippen molar-refractivity contribution in [3.63, 3.8) is 0 Å². The van der Waals surface area contributed by atoms with Gasteiger partial charge in [-0.05, 0) is 32.0 Å². The van der Waals surface area contributed by atoms with Crippen LogP contribution in [0.5, 0.6) is 0 Å². The van der Waals surface area contributed by atoms with Crippen LogP contribution in [-0.4, -0.2) is 23.6 Å². The highest BCUT2D eigenvalue weighted by molar-refractivity contribution is 7.92. The van der Waals surface area contributed by atoms with Crippen LogP contribution in [0.25, 0.3) is 0 Å². The molecule has 0 bridgehead atoms. The quantitative estimate of drug-likeness (QED) is 0.920. The van der Waals surface area contributed by atoms with Gasteiger partial charge in [0.1, 0.15) is 5.82 Å². The zero-order valence-corrected chi connectivity index (χ0v) is 11.1. The lowest BCUT2D eigenvalue weighted by molar-refractivity contribution is 0.594. The smallest absolute Gasteiger partial charge is 0.246 e. The average Bonchev–Trinajstić information content (AvgIpc) is 2.33. The fourth-order valence-electron chi connectivity index (χ4n) is 1.31. The van der Waals surface area contributed by atoms with Crippen molar-refractivity contribution in [2.75, 3.05) is 4.72 Å². The van der Waals surface area contributed by atoms with E-state index in [1.54, 1.807) is 13.8 Å². The molecule has 1 aromatic carbocycles. The van der Waals surface area contributed by atoms with Gasteiger partial charge in [0.25, 0.3) is 16.0 Å². The van der Waals surface area contributed by atoms with Gasteiger partial charge in [-0.25, -0.2) is 22.5 Å². The van der Waals surface area contributed by atoms with E-state index in [0.717, 1.165) is 12.1 Å². The number of benzene rings is 1. The molecule has 2 aromatic rings. The van der Waals surface area contributed by atoms with Gasteiger partial charge in [-0.15, -0.1) is 5.10 Å². The highest BCUT2D eigenvalue weighted by Gasteiger charge is 2.16. The summed E-state index contributed by atoms with van der Waals surface area (Å²) in [5.41, 5.74) is 1.17. The summed E-state index contributed by atoms with van der Waals surface area (Å²) in [6, 6.07) is 4.66. The molecule has 8 heteroatoms. The van der Waals surface area contributed by atoms with Crippen LogP contribution in [0, 0.1) is 19.7 Å². The lowest BCUT2D eigenvalue weighted by Crippen LogP contribution is -2.16. The lowest BCUT2D eigenvalue weighted by atomic mass is 10.4. The Hall–Kier alpha value is -2.09. The normalized spacial score (nSPS) is 11.3. The van der Waals surface area contributed by atoms with Crippen molar-refractivity contribution in [3.8, 4) is 0 Å². The van der Waals surface area contributed by atoms with Crippen LogP contribution in [0.1, 0.15) is 11.4 Å². The summed E-state index contributed by atoms with van der Waals surface area (Å²) in [5, 5.41) is 7.39. The number of anilines is 1. The van der Waals surface area contributed by atoms with Gasteiger partial charge in [0.2, 0.25) is 0 Å². The van der Waals surface area contributed by atoms with Gasteiger partial charge in [-0.1, -0.05) is 6.07 Å². The molecule has 0 radical (unpaired) electrons. The van der Waals surface area contributed by atoms with Crippen molar-refractivity contribution in [1.29, 1.82) is 0 Å². The number of nitrogens with zero attached hydrogens (tertiary/aromatic N) is 3. The van der Waals surface area contributed by atoms with E-state index in [1.165, 1.54) is 12.1 Å². The van der Waals surface area contributed by atoms with E-state index in [2.05, 4.69) is 19.9 Å². The maximum absolute atomic E-state index is 13.0. The number of aryl methyl sites for hydroxylation is 2. The molecule has 0 amide bonds. The van der Waals surface area contributed by atoms with Gasteiger partial charge < -0.3 is 0 Å². The molecule has 0 fully saturated rings. The van der Waals surface area contributed by atoms with Crippen molar-refractivity contribution in [2.45, 2.75) is 18.7 Å². The van der Waals surface area contributed by atoms with E-state index in [-0.39, 0.29) is 10.8 Å². The minimum atomic E-state index is -3.92. The Morgan fingerprint density at radius 2 is 1.89 bits per heavy atom. The molecule has 0 atom stereocenters. The Morgan fingerprint density at radius 3 is 2.53 bits per heavy atom. The Labute approximate surface area is 109 Å². The van der Waals surface area contributed by atoms with Crippen molar-refractivity contribution in [2.24, 2.45) is 0 Å². The van der Waals surface area contributed by atoms with E-state index in [1.807, 2.05) is 0 Å². The maximum Gasteiger partial charge on any atom is 0.264 e. The highest BCUT2D eigenvalue weighted by atomic mass is 32.2. The highest BCUT2D eigenvalue weighted by Crippen LogP contribution is 2.14. The van der Waals surface area contributed by atoms with Crippen molar-refractivity contribution >= 4 is 16.0 Å². The van der Waals surface area contributed by atoms with Crippen LogP contribution in [0.4, 0.5) is 10.3 Å². The van der Waals surface area contributed by atoms with E-state index in [9.17, 15) is 12.8 Å². The molecule has 1 aromatic heterocycles. The average molecular weight is 282 g/mol. The molecule has 0 aliphatic heterocycles. The summed E-state index contributed by atoms with van der Waals surface area (Å²) < 4.78 is 39.1. The molecule has 0 aliphatic rings. The molecular weight excluding hydrogens is 271 g/mol. The Kier molecular flexibility index (Phi) is 3.43. The first-order valence-corrected chi connectivity index (χ1v) is 6.83. The minimum absolute atomic E-state index is 0.146. The van der Waals surface area contributed by atoms with E-state index in [0.29, 0.717) is 11.4 Å². The first-order valence-electron chi connectivity index (χ1n) is 5.35. The van der Waals surface area contributed by atoms with Gasteiger partial charge in [-0.3, -0.25) is 0 Å². The molecule has 1 heterocycles. The number of rotatable bonds is 3. The van der Waals surface area contributed by atoms with E-state index >= 15 is 0 Å². The minimum Gasteiger partial charge on any atom is -0.246 e. The molecule has 6 nitrogen and oxygen atoms in total. The maximum atomic E-state index is 13.0. The van der Waals surface area contributed by atoms with Crippen molar-refractivity contribution in [1.82, 2.24) is 15.2 Å². The second-order valence-corrected chi connectivity index (χ2v) is 5.55. The van der Waals surface area contributed by atoms with Crippen LogP contribution in [0.3, 0.4) is 0 Å². The number of sulfonamides is 1. The number of hydrogen-bond donors (Lipinski definition) is 1. The Bertz CT molecular complexity index is 718. The van der Waals surface area contributed by atoms with Crippen molar-refractivity contribution < 1.29 is 12.8 Å². The molecule has 2 rings (SSSR count). The fourth-order valence-corrected chi connectivity index (χ4v) is 2.28. The van der Waals surface area contributed by atoms with E-state index in [4.69, 9.17) is 0 Å². The van der Waals surface area contributed by atoms with Crippen LogP contribution in [-0.2, 0) is 10.0 Å². The lowest BCUT2D eigenvalue weighted by Gasteiger charge is -2.07. The van der Waals surface area contributed by atoms with Gasteiger partial charge in [0, 0.05) is 0 Å². The van der Waals surface area contributed by atoms with E-state index < -0.39 is 15.8 Å². The first-order chi connectivity index (χ1) is 8.88. The fraction of sp³-hybridized carbons (Fsp3) is 0.182. The summed E-state index contributed by atoms with van der Waals surface area (Å²) in [7, 11) is -3.92. The zero-order chi connectivity index (χ0) is 14.0. The third-order valence-corrected chi connectivity index (χ3v) is 3.75. The van der Waals surface area contributed by atoms with Crippen molar-refractivity contribution in [3.05, 3.63) is 41.5 Å². The standard InChI is InChI=1S/C11H11FN4O2S/c1-7-8(2)14-15-11(13-7)16-19(17,18)10-5-3-4-9(12)6-10/h3-6H,1-2H3,(H,13,15,16). The molecule has 100 valence electrons. The molecule has 0 aliphatic carbocycles. The molecule has 1 N–H and O–H groups in total. The first kappa shape index (κ1) is 13.3. The molecular formula is C11H11FN4O2S. The Morgan fingerprint density at radius 1 is 1.16 bits per heavy atom. The predicted octanol–water partition coefficient (Wildman–Crippen LogP) is 1.43. The van der Waals surface area contributed by atoms with Gasteiger partial charge in [-0.2, -0.15) is 5.10 Å². The van der Waals surface area contributed by atoms with Crippen LogP contribution < -0.4 is 4.72 Å². The SMILES string of the molecule is Cc1nnc(NS(=O)(=O)c2cccc(F)c2)nc1C. The number of aromatic nitrogens is 3. The van der Waals surface area contributed by atoms with Gasteiger partial charge in [0.05, 0.1) is 16.3 Å². The van der Waals surface area contributed by atoms with Crippen LogP contribution in [0.2, 0.25) is 0 Å². The Balaban J connectivity index is 2.33. The largest absolute Gasteiger partial charge is 0.264 e. The predicted molar refractivity (Wildman–Crippen MR) is 66.5 cm³/mol. The van der Waals surface area contributed by atoms with Crippen LogP contribution >= 0.6 is 0 Å². The molecule has 0 spiro atoms. The number of nitrogens with one attached hydrogen (secondary N) is 1. The zero-order valence-electron chi connectivity index (χ0n) is 10.3. The monoisotopic (exact) mass is 282 g/mol. The number of hydrogen-bond acceptors (Lipinski definition) is 5. The molecule has 0 unspecified atom stereocenters. The third-order valence-electron chi connectivity index (χ3n) is 2.42. The third kappa shape index (κ3) is 3.02. The summed E-state index contributed by atoms with van der Waals surface area (Å²) in [6.07, 6.45) is 0. The topological polar surface area (TPSA) is 84.8 Å². The molecule has 19 heavy (non-hydrogen) atoms. The van der Waals surface area contributed by atoms with Crippen LogP contribution in [0.15, 0.2) is 29.2 Å². The van der Waals surface area contributed by atoms with Gasteiger partial charge in [0.15, 0.2) is 0 Å².